The summed E-state index contributed by atoms with van der Waals surface area (Å²) in [7, 11) is 0. The maximum Gasteiger partial charge on any atom is 0.305 e. The van der Waals surface area contributed by atoms with Gasteiger partial charge < -0.3 is 10.4 Å². The van der Waals surface area contributed by atoms with Crippen molar-refractivity contribution in [2.45, 2.75) is 45.3 Å². The van der Waals surface area contributed by atoms with E-state index in [2.05, 4.69) is 5.32 Å². The van der Waals surface area contributed by atoms with Crippen molar-refractivity contribution in [1.29, 1.82) is 0 Å². The second-order valence-corrected chi connectivity index (χ2v) is 4.31. The molecule has 5 heteroatoms. The summed E-state index contributed by atoms with van der Waals surface area (Å²) < 4.78 is 0. The molecule has 0 aromatic rings. The van der Waals surface area contributed by atoms with Gasteiger partial charge in [0.05, 0.1) is 12.5 Å². The molecular weight excluding hydrogens is 196 g/mol. The SMILES string of the molecule is CC1CN(C(C)C)C(CC(=O)O)C(=O)N1. The van der Waals surface area contributed by atoms with Crippen LogP contribution in [0.2, 0.25) is 0 Å². The normalized spacial score (nSPS) is 27.9. The Balaban J connectivity index is 2.77. The van der Waals surface area contributed by atoms with Crippen LogP contribution < -0.4 is 5.32 Å². The van der Waals surface area contributed by atoms with Crippen LogP contribution in [-0.2, 0) is 9.59 Å². The minimum absolute atomic E-state index is 0.0879. The van der Waals surface area contributed by atoms with Crippen molar-refractivity contribution in [1.82, 2.24) is 10.2 Å². The van der Waals surface area contributed by atoms with Gasteiger partial charge in [0.15, 0.2) is 0 Å². The molecule has 2 atom stereocenters. The summed E-state index contributed by atoms with van der Waals surface area (Å²) >= 11 is 0. The largest absolute Gasteiger partial charge is 0.481 e. The standard InChI is InChI=1S/C10H18N2O3/c1-6(2)12-5-7(3)11-10(15)8(12)4-9(13)14/h6-8H,4-5H2,1-3H3,(H,11,15)(H,13,14). The van der Waals surface area contributed by atoms with Crippen molar-refractivity contribution in [2.24, 2.45) is 0 Å². The van der Waals surface area contributed by atoms with Gasteiger partial charge in [-0.05, 0) is 20.8 Å². The van der Waals surface area contributed by atoms with Gasteiger partial charge in [-0.3, -0.25) is 14.5 Å². The van der Waals surface area contributed by atoms with Gasteiger partial charge >= 0.3 is 5.97 Å². The van der Waals surface area contributed by atoms with Crippen LogP contribution in [0.1, 0.15) is 27.2 Å². The van der Waals surface area contributed by atoms with E-state index in [0.29, 0.717) is 6.54 Å². The lowest BCUT2D eigenvalue weighted by molar-refractivity contribution is -0.144. The fraction of sp³-hybridized carbons (Fsp3) is 0.800. The first-order chi connectivity index (χ1) is 6.91. The quantitative estimate of drug-likeness (QED) is 0.697. The molecule has 0 saturated carbocycles. The third-order valence-corrected chi connectivity index (χ3v) is 2.61. The van der Waals surface area contributed by atoms with Crippen molar-refractivity contribution in [3.8, 4) is 0 Å². The molecule has 0 aromatic carbocycles. The third kappa shape index (κ3) is 2.92. The summed E-state index contributed by atoms with van der Waals surface area (Å²) in [5, 5.41) is 11.5. The summed E-state index contributed by atoms with van der Waals surface area (Å²) in [6, 6.07) is -0.258. The zero-order valence-corrected chi connectivity index (χ0v) is 9.36. The second-order valence-electron chi connectivity index (χ2n) is 4.31. The van der Waals surface area contributed by atoms with E-state index < -0.39 is 12.0 Å². The number of amides is 1. The lowest BCUT2D eigenvalue weighted by Crippen LogP contribution is -2.61. The molecule has 0 aliphatic carbocycles. The van der Waals surface area contributed by atoms with Gasteiger partial charge in [-0.2, -0.15) is 0 Å². The molecular formula is C10H18N2O3. The fourth-order valence-electron chi connectivity index (χ4n) is 1.92. The summed E-state index contributed by atoms with van der Waals surface area (Å²) in [4.78, 5) is 24.2. The number of nitrogens with zero attached hydrogens (tertiary/aromatic N) is 1. The van der Waals surface area contributed by atoms with E-state index in [1.165, 1.54) is 0 Å². The summed E-state index contributed by atoms with van der Waals surface area (Å²) in [6.07, 6.45) is -0.128. The van der Waals surface area contributed by atoms with Gasteiger partial charge in [0.2, 0.25) is 5.91 Å². The Labute approximate surface area is 89.4 Å². The van der Waals surface area contributed by atoms with Gasteiger partial charge in [-0.25, -0.2) is 0 Å². The Kier molecular flexibility index (Phi) is 3.68. The fourth-order valence-corrected chi connectivity index (χ4v) is 1.92. The number of aliphatic carboxylic acids is 1. The number of carbonyl (C=O) groups excluding carboxylic acids is 1. The van der Waals surface area contributed by atoms with Crippen molar-refractivity contribution in [3.63, 3.8) is 0 Å². The third-order valence-electron chi connectivity index (χ3n) is 2.61. The molecule has 2 N–H and O–H groups in total. The maximum absolute atomic E-state index is 11.6. The Morgan fingerprint density at radius 1 is 1.67 bits per heavy atom. The number of rotatable bonds is 3. The van der Waals surface area contributed by atoms with Crippen LogP contribution in [-0.4, -0.2) is 46.6 Å². The first-order valence-corrected chi connectivity index (χ1v) is 5.19. The molecule has 1 amide bonds. The van der Waals surface area contributed by atoms with Crippen molar-refractivity contribution < 1.29 is 14.7 Å². The second kappa shape index (κ2) is 4.61. The predicted molar refractivity (Wildman–Crippen MR) is 55.5 cm³/mol. The van der Waals surface area contributed by atoms with Gasteiger partial charge in [0, 0.05) is 18.6 Å². The van der Waals surface area contributed by atoms with Gasteiger partial charge in [-0.1, -0.05) is 0 Å². The van der Waals surface area contributed by atoms with Crippen molar-refractivity contribution in [2.75, 3.05) is 6.54 Å². The smallest absolute Gasteiger partial charge is 0.305 e. The molecule has 5 nitrogen and oxygen atoms in total. The number of carbonyl (C=O) groups is 2. The number of carboxylic acid groups (broad SMARTS) is 1. The highest BCUT2D eigenvalue weighted by molar-refractivity contribution is 5.87. The molecule has 2 unspecified atom stereocenters. The van der Waals surface area contributed by atoms with Crippen LogP contribution in [0.3, 0.4) is 0 Å². The van der Waals surface area contributed by atoms with E-state index in [1.54, 1.807) is 0 Å². The zero-order valence-electron chi connectivity index (χ0n) is 9.36. The summed E-state index contributed by atoms with van der Waals surface area (Å²) in [5.74, 6) is -1.11. The molecule has 0 aromatic heterocycles. The highest BCUT2D eigenvalue weighted by Crippen LogP contribution is 2.15. The first-order valence-electron chi connectivity index (χ1n) is 5.19. The number of piperazine rings is 1. The lowest BCUT2D eigenvalue weighted by Gasteiger charge is -2.40. The Bertz CT molecular complexity index is 265. The molecule has 1 rings (SSSR count). The number of hydrogen-bond acceptors (Lipinski definition) is 3. The molecule has 0 bridgehead atoms. The van der Waals surface area contributed by atoms with Gasteiger partial charge in [0.1, 0.15) is 0 Å². The molecule has 86 valence electrons. The van der Waals surface area contributed by atoms with E-state index in [9.17, 15) is 9.59 Å². The summed E-state index contributed by atoms with van der Waals surface area (Å²) in [6.45, 7) is 6.58. The summed E-state index contributed by atoms with van der Waals surface area (Å²) in [5.41, 5.74) is 0. The maximum atomic E-state index is 11.6. The molecule has 1 heterocycles. The van der Waals surface area contributed by atoms with E-state index in [4.69, 9.17) is 5.11 Å². The van der Waals surface area contributed by atoms with Gasteiger partial charge in [0.25, 0.3) is 0 Å². The molecule has 1 fully saturated rings. The predicted octanol–water partition coefficient (Wildman–Crippen LogP) is 0.0584. The van der Waals surface area contributed by atoms with Crippen LogP contribution in [0.5, 0.6) is 0 Å². The van der Waals surface area contributed by atoms with Gasteiger partial charge in [-0.15, -0.1) is 0 Å². The van der Waals surface area contributed by atoms with Crippen LogP contribution in [0.25, 0.3) is 0 Å². The average Bonchev–Trinajstić information content (AvgIpc) is 2.08. The van der Waals surface area contributed by atoms with Crippen molar-refractivity contribution >= 4 is 11.9 Å². The van der Waals surface area contributed by atoms with E-state index in [0.717, 1.165) is 0 Å². The van der Waals surface area contributed by atoms with E-state index >= 15 is 0 Å². The number of carboxylic acids is 1. The monoisotopic (exact) mass is 214 g/mol. The Morgan fingerprint density at radius 3 is 2.73 bits per heavy atom. The molecule has 1 aliphatic rings. The topological polar surface area (TPSA) is 69.6 Å². The highest BCUT2D eigenvalue weighted by atomic mass is 16.4. The van der Waals surface area contributed by atoms with E-state index in [1.807, 2.05) is 25.7 Å². The zero-order chi connectivity index (χ0) is 11.6. The van der Waals surface area contributed by atoms with Crippen molar-refractivity contribution in [3.05, 3.63) is 0 Å². The number of nitrogens with one attached hydrogen (secondary N) is 1. The molecule has 1 aliphatic heterocycles. The van der Waals surface area contributed by atoms with Crippen LogP contribution >= 0.6 is 0 Å². The van der Waals surface area contributed by atoms with E-state index in [-0.39, 0.29) is 24.4 Å². The molecule has 0 spiro atoms. The highest BCUT2D eigenvalue weighted by Gasteiger charge is 2.35. The van der Waals surface area contributed by atoms with Crippen LogP contribution in [0.15, 0.2) is 0 Å². The average molecular weight is 214 g/mol. The molecule has 15 heavy (non-hydrogen) atoms. The Morgan fingerprint density at radius 2 is 2.27 bits per heavy atom. The van der Waals surface area contributed by atoms with Crippen LogP contribution in [0, 0.1) is 0 Å². The first kappa shape index (κ1) is 12.0. The molecule has 0 radical (unpaired) electrons. The van der Waals surface area contributed by atoms with Crippen LogP contribution in [0.4, 0.5) is 0 Å². The number of hydrogen-bond donors (Lipinski definition) is 2. The molecule has 1 saturated heterocycles. The minimum atomic E-state index is -0.935. The Hall–Kier alpha value is -1.10. The lowest BCUT2D eigenvalue weighted by atomic mass is 10.0. The minimum Gasteiger partial charge on any atom is -0.481 e.